The van der Waals surface area contributed by atoms with Crippen LogP contribution in [0.2, 0.25) is 0 Å². The summed E-state index contributed by atoms with van der Waals surface area (Å²) < 4.78 is 46.6. The van der Waals surface area contributed by atoms with Crippen LogP contribution >= 0.6 is 0 Å². The van der Waals surface area contributed by atoms with E-state index < -0.39 is 51.8 Å². The predicted octanol–water partition coefficient (Wildman–Crippen LogP) is 2.32. The first-order chi connectivity index (χ1) is 25.4. The second kappa shape index (κ2) is 17.8. The van der Waals surface area contributed by atoms with Crippen LogP contribution in [0.3, 0.4) is 0 Å². The number of hydrogen-bond donors (Lipinski definition) is 5. The van der Waals surface area contributed by atoms with Gasteiger partial charge in [0, 0.05) is 19.9 Å². The van der Waals surface area contributed by atoms with Crippen LogP contribution in [0.4, 0.5) is 0 Å². The third-order valence-corrected chi connectivity index (χ3v) is 11.1. The predicted molar refractivity (Wildman–Crippen MR) is 203 cm³/mol. The first kappa shape index (κ1) is 41.6. The molecule has 0 unspecified atom stereocenters. The van der Waals surface area contributed by atoms with Gasteiger partial charge in [-0.3, -0.25) is 19.4 Å². The van der Waals surface area contributed by atoms with Gasteiger partial charge in [0.1, 0.15) is 41.8 Å². The highest BCUT2D eigenvalue weighted by molar-refractivity contribution is 7.90. The summed E-state index contributed by atoms with van der Waals surface area (Å²) in [5, 5.41) is 8.01. The Hall–Kier alpha value is -5.12. The molecule has 2 aromatic rings. The van der Waals surface area contributed by atoms with Gasteiger partial charge in [-0.15, -0.1) is 0 Å². The van der Waals surface area contributed by atoms with Gasteiger partial charge in [0.05, 0.1) is 12.0 Å². The van der Waals surface area contributed by atoms with Crippen molar-refractivity contribution in [3.8, 4) is 11.5 Å². The van der Waals surface area contributed by atoms with Crippen LogP contribution in [-0.4, -0.2) is 82.1 Å². The number of methoxy groups -OCH3 is 1. The van der Waals surface area contributed by atoms with Crippen molar-refractivity contribution in [1.29, 1.82) is 0 Å². The first-order valence-corrected chi connectivity index (χ1v) is 19.4. The number of carbonyl (C=O) groups excluding carboxylic acids is 4. The van der Waals surface area contributed by atoms with E-state index >= 15 is 0 Å². The molecule has 2 bridgehead atoms. The van der Waals surface area contributed by atoms with Crippen molar-refractivity contribution >= 4 is 39.7 Å². The van der Waals surface area contributed by atoms with Gasteiger partial charge >= 0.3 is 5.97 Å². The molecule has 5 rings (SSSR count). The molecule has 15 nitrogen and oxygen atoms in total. The first-order valence-electron chi connectivity index (χ1n) is 17.9. The average molecular weight is 769 g/mol. The lowest BCUT2D eigenvalue weighted by Crippen LogP contribution is -2.56. The van der Waals surface area contributed by atoms with Crippen LogP contribution in [0.5, 0.6) is 11.5 Å². The molecular weight excluding hydrogens is 717 g/mol. The fourth-order valence-electron chi connectivity index (χ4n) is 6.49. The number of nitrogens with zero attached hydrogens (tertiary/aromatic N) is 1. The molecule has 54 heavy (non-hydrogen) atoms. The van der Waals surface area contributed by atoms with E-state index in [0.29, 0.717) is 29.0 Å². The summed E-state index contributed by atoms with van der Waals surface area (Å²) in [4.78, 5) is 56.2. The summed E-state index contributed by atoms with van der Waals surface area (Å²) in [7, 11) is -2.94. The Bertz CT molecular complexity index is 1910. The van der Waals surface area contributed by atoms with E-state index in [9.17, 15) is 27.6 Å². The Balaban J connectivity index is 1.53. The summed E-state index contributed by atoms with van der Waals surface area (Å²) in [5.74, 6) is -1.48. The number of nitrogens with one attached hydrogen (secondary N) is 4. The average Bonchev–Trinajstić information content (AvgIpc) is 3.10. The molecule has 16 heteroatoms. The zero-order chi connectivity index (χ0) is 39.8. The van der Waals surface area contributed by atoms with Gasteiger partial charge in [-0.25, -0.2) is 17.9 Å². The smallest absolute Gasteiger partial charge is 0.328 e. The molecule has 294 valence electrons. The van der Waals surface area contributed by atoms with Crippen molar-refractivity contribution in [1.82, 2.24) is 20.7 Å². The number of amides is 3. The molecule has 3 amide bonds. The number of rotatable bonds is 8. The minimum absolute atomic E-state index is 0.0112. The van der Waals surface area contributed by atoms with E-state index in [2.05, 4.69) is 25.7 Å². The largest absolute Gasteiger partial charge is 0.490 e. The van der Waals surface area contributed by atoms with Crippen LogP contribution in [0.25, 0.3) is 0 Å². The fourth-order valence-corrected chi connectivity index (χ4v) is 8.02. The molecule has 3 heterocycles. The molecule has 0 aliphatic carbocycles. The number of nitrogens with two attached hydrogens (primary N) is 1. The van der Waals surface area contributed by atoms with Gasteiger partial charge in [0.15, 0.2) is 0 Å². The Morgan fingerprint density at radius 1 is 1.04 bits per heavy atom. The molecule has 0 fully saturated rings. The zero-order valence-electron chi connectivity index (χ0n) is 32.0. The molecule has 3 atom stereocenters. The van der Waals surface area contributed by atoms with E-state index in [1.807, 2.05) is 20.8 Å². The van der Waals surface area contributed by atoms with E-state index in [0.717, 1.165) is 23.1 Å². The third kappa shape index (κ3) is 10.7. The van der Waals surface area contributed by atoms with Crippen molar-refractivity contribution < 1.29 is 41.8 Å². The SMILES string of the molecule is COC(=O)[C@@H]1C/C=C\COc2ccc(cc2)C[C@@H](NC(C)=O)C(=O)N[C@@H](CCCN=C(N)NS(=O)(=O)c2c(C)c(C)c3c(c2C)CCC(C)(C)O3)C(=O)N1. The molecule has 0 aromatic heterocycles. The maximum atomic E-state index is 13.7. The highest BCUT2D eigenvalue weighted by Gasteiger charge is 2.34. The summed E-state index contributed by atoms with van der Waals surface area (Å²) in [6.45, 7) is 10.8. The second-order valence-corrected chi connectivity index (χ2v) is 15.8. The molecule has 0 spiro atoms. The Kier molecular flexibility index (Phi) is 13.7. The number of aliphatic imine (C=N–C) groups is 1. The van der Waals surface area contributed by atoms with Gasteiger partial charge in [0.25, 0.3) is 10.0 Å². The minimum atomic E-state index is -4.14. The fraction of sp³-hybridized carbons (Fsp3) is 0.500. The Morgan fingerprint density at radius 2 is 1.74 bits per heavy atom. The number of sulfonamides is 1. The van der Waals surface area contributed by atoms with Crippen molar-refractivity contribution in [2.24, 2.45) is 10.7 Å². The number of benzene rings is 2. The second-order valence-electron chi connectivity index (χ2n) is 14.2. The van der Waals surface area contributed by atoms with Crippen LogP contribution in [0.15, 0.2) is 46.3 Å². The summed E-state index contributed by atoms with van der Waals surface area (Å²) >= 11 is 0. The molecule has 2 aromatic carbocycles. The number of esters is 1. The Labute approximate surface area is 316 Å². The van der Waals surface area contributed by atoms with Crippen molar-refractivity contribution in [2.45, 2.75) is 109 Å². The topological polar surface area (TPSA) is 217 Å². The normalized spacial score (nSPS) is 21.2. The number of guanidine groups is 1. The van der Waals surface area contributed by atoms with Crippen LogP contribution in [0, 0.1) is 20.8 Å². The lowest BCUT2D eigenvalue weighted by molar-refractivity contribution is -0.145. The van der Waals surface area contributed by atoms with Gasteiger partial charge in [0.2, 0.25) is 23.7 Å². The lowest BCUT2D eigenvalue weighted by Gasteiger charge is -2.35. The number of ether oxygens (including phenoxy) is 3. The molecule has 3 aliphatic heterocycles. The third-order valence-electron chi connectivity index (χ3n) is 9.48. The van der Waals surface area contributed by atoms with Gasteiger partial charge in [-0.2, -0.15) is 0 Å². The van der Waals surface area contributed by atoms with Crippen molar-refractivity contribution in [2.75, 3.05) is 20.3 Å². The molecule has 0 radical (unpaired) electrons. The van der Waals surface area contributed by atoms with Crippen LogP contribution in [0.1, 0.15) is 74.3 Å². The lowest BCUT2D eigenvalue weighted by atomic mass is 9.88. The zero-order valence-corrected chi connectivity index (χ0v) is 32.8. The van der Waals surface area contributed by atoms with Crippen molar-refractivity contribution in [3.05, 3.63) is 64.2 Å². The van der Waals surface area contributed by atoms with Crippen LogP contribution in [-0.2, 0) is 46.8 Å². The summed E-state index contributed by atoms with van der Waals surface area (Å²) in [6, 6.07) is 3.77. The van der Waals surface area contributed by atoms with E-state index in [-0.39, 0.29) is 55.3 Å². The molecule has 0 saturated carbocycles. The Morgan fingerprint density at radius 3 is 2.41 bits per heavy atom. The number of hydrogen-bond acceptors (Lipinski definition) is 10. The standard InChI is InChI=1S/C38H52N6O9S/c1-22-23(2)33(24(3)28-17-18-38(5,6)53-32(22)28)54(49,50)44-37(39)40-19-10-12-29-34(46)43-30(36(48)51-7)11-8-9-20-52-27-15-13-26(14-16-27)21-31(35(47)42-29)41-25(4)45/h8-9,13-16,29-31H,10-12,17-21H2,1-7H3,(H,41,45)(H,42,47)(H,43,46)(H3,39,40,44)/b9-8-/t29-,30-,31+/m0/s1. The highest BCUT2D eigenvalue weighted by Crippen LogP contribution is 2.42. The maximum absolute atomic E-state index is 13.7. The molecule has 0 saturated heterocycles. The van der Waals surface area contributed by atoms with E-state index in [4.69, 9.17) is 19.9 Å². The summed E-state index contributed by atoms with van der Waals surface area (Å²) in [6.07, 6.45) is 5.20. The van der Waals surface area contributed by atoms with Crippen molar-refractivity contribution in [3.63, 3.8) is 0 Å². The molecule has 3 aliphatic rings. The van der Waals surface area contributed by atoms with Gasteiger partial charge < -0.3 is 35.9 Å². The monoisotopic (exact) mass is 768 g/mol. The molecular formula is C38H52N6O9S. The van der Waals surface area contributed by atoms with Gasteiger partial charge in [-0.1, -0.05) is 24.3 Å². The summed E-state index contributed by atoms with van der Waals surface area (Å²) in [5.41, 5.74) is 9.17. The molecule has 6 N–H and O–H groups in total. The quantitative estimate of drug-likeness (QED) is 0.0869. The van der Waals surface area contributed by atoms with Gasteiger partial charge in [-0.05, 0) is 107 Å². The van der Waals surface area contributed by atoms with E-state index in [1.165, 1.54) is 14.0 Å². The highest BCUT2D eigenvalue weighted by atomic mass is 32.2. The van der Waals surface area contributed by atoms with Crippen LogP contribution < -0.4 is 35.9 Å². The number of carbonyl (C=O) groups is 4. The minimum Gasteiger partial charge on any atom is -0.490 e. The number of fused-ring (bicyclic) bond motifs is 14. The van der Waals surface area contributed by atoms with E-state index in [1.54, 1.807) is 50.3 Å². The maximum Gasteiger partial charge on any atom is 0.328 e.